The quantitative estimate of drug-likeness (QED) is 0.547. The molecule has 0 saturated carbocycles. The summed E-state index contributed by atoms with van der Waals surface area (Å²) in [4.78, 5) is 12.7. The van der Waals surface area contributed by atoms with Crippen molar-refractivity contribution in [3.05, 3.63) is 12.2 Å². The molecule has 2 nitrogen and oxygen atoms in total. The molecule has 0 spiro atoms. The number of thioether (sulfide) groups is 2. The van der Waals surface area contributed by atoms with E-state index >= 15 is 0 Å². The largest absolute Gasteiger partial charge is 0.460 e. The Morgan fingerprint density at radius 1 is 1.20 bits per heavy atom. The third kappa shape index (κ3) is 1.70. The highest BCUT2D eigenvalue weighted by Crippen LogP contribution is 2.70. The van der Waals surface area contributed by atoms with Gasteiger partial charge in [0.15, 0.2) is 0 Å². The van der Waals surface area contributed by atoms with Gasteiger partial charge in [-0.3, -0.25) is 4.79 Å². The first-order valence-corrected chi connectivity index (χ1v) is 9.41. The van der Waals surface area contributed by atoms with Crippen molar-refractivity contribution >= 4 is 29.5 Å². The van der Waals surface area contributed by atoms with E-state index in [4.69, 9.17) is 4.74 Å². The summed E-state index contributed by atoms with van der Waals surface area (Å²) in [5.74, 6) is 1.52. The number of carbonyl (C=O) groups is 1. The Morgan fingerprint density at radius 3 is 2.50 bits per heavy atom. The minimum Gasteiger partial charge on any atom is -0.460 e. The zero-order valence-electron chi connectivity index (χ0n) is 12.5. The van der Waals surface area contributed by atoms with Gasteiger partial charge in [0.25, 0.3) is 0 Å². The molecule has 4 aliphatic rings. The standard InChI is InChI=1S/C16H22O2S2/c1-15(2,3)18-14(17)16(4)7-10-11-8-5-6-9(19-8)12(11)13(16)20-10/h5-6,8-13H,7H2,1-4H3. The molecule has 20 heavy (non-hydrogen) atoms. The van der Waals surface area contributed by atoms with Crippen molar-refractivity contribution in [2.24, 2.45) is 17.3 Å². The van der Waals surface area contributed by atoms with E-state index in [1.165, 1.54) is 0 Å². The van der Waals surface area contributed by atoms with Crippen LogP contribution in [0.3, 0.4) is 0 Å². The summed E-state index contributed by atoms with van der Waals surface area (Å²) < 4.78 is 5.73. The third-order valence-electron chi connectivity index (χ3n) is 5.23. The highest BCUT2D eigenvalue weighted by Gasteiger charge is 2.68. The zero-order chi connectivity index (χ0) is 14.3. The molecular weight excluding hydrogens is 288 g/mol. The van der Waals surface area contributed by atoms with Crippen molar-refractivity contribution < 1.29 is 9.53 Å². The molecule has 0 aromatic carbocycles. The van der Waals surface area contributed by atoms with Gasteiger partial charge < -0.3 is 4.74 Å². The highest BCUT2D eigenvalue weighted by molar-refractivity contribution is 8.03. The van der Waals surface area contributed by atoms with E-state index < -0.39 is 0 Å². The van der Waals surface area contributed by atoms with Crippen LogP contribution in [0.5, 0.6) is 0 Å². The second-order valence-corrected chi connectivity index (χ2v) is 10.6. The van der Waals surface area contributed by atoms with Gasteiger partial charge in [-0.1, -0.05) is 12.2 Å². The van der Waals surface area contributed by atoms with Gasteiger partial charge in [0, 0.05) is 21.0 Å². The lowest BCUT2D eigenvalue weighted by Crippen LogP contribution is -2.49. The maximum absolute atomic E-state index is 12.7. The number of hydrogen-bond donors (Lipinski definition) is 0. The van der Waals surface area contributed by atoms with E-state index in [9.17, 15) is 4.79 Å². The predicted molar refractivity (Wildman–Crippen MR) is 85.0 cm³/mol. The SMILES string of the molecule is CC(C)(C)OC(=O)C1(C)CC2SC1C1C3C=CC(S3)C21. The van der Waals surface area contributed by atoms with Gasteiger partial charge in [-0.2, -0.15) is 11.8 Å². The molecule has 7 unspecified atom stereocenters. The minimum absolute atomic E-state index is 0.0280. The van der Waals surface area contributed by atoms with Crippen molar-refractivity contribution in [3.63, 3.8) is 0 Å². The lowest BCUT2D eigenvalue weighted by molar-refractivity contribution is -0.168. The zero-order valence-corrected chi connectivity index (χ0v) is 14.1. The predicted octanol–water partition coefficient (Wildman–Crippen LogP) is 3.51. The maximum Gasteiger partial charge on any atom is 0.313 e. The lowest BCUT2D eigenvalue weighted by atomic mass is 9.63. The van der Waals surface area contributed by atoms with E-state index in [0.29, 0.717) is 21.7 Å². The number of hydrogen-bond acceptors (Lipinski definition) is 4. The molecule has 4 heteroatoms. The van der Waals surface area contributed by atoms with Crippen LogP contribution in [0.25, 0.3) is 0 Å². The Hall–Kier alpha value is -0.0900. The first kappa shape index (κ1) is 13.6. The molecule has 3 saturated heterocycles. The monoisotopic (exact) mass is 310 g/mol. The molecule has 4 aliphatic heterocycles. The van der Waals surface area contributed by atoms with E-state index in [-0.39, 0.29) is 17.0 Å². The molecule has 0 radical (unpaired) electrons. The van der Waals surface area contributed by atoms with Crippen LogP contribution >= 0.6 is 23.5 Å². The molecular formula is C16H22O2S2. The molecule has 0 aromatic heterocycles. The molecule has 4 heterocycles. The van der Waals surface area contributed by atoms with Crippen molar-refractivity contribution in [2.45, 2.75) is 60.7 Å². The van der Waals surface area contributed by atoms with Crippen molar-refractivity contribution in [2.75, 3.05) is 0 Å². The Labute approximate surface area is 129 Å². The van der Waals surface area contributed by atoms with Gasteiger partial charge in [-0.15, -0.1) is 11.8 Å². The van der Waals surface area contributed by atoms with Crippen LogP contribution in [0.2, 0.25) is 0 Å². The summed E-state index contributed by atoms with van der Waals surface area (Å²) in [6.45, 7) is 8.05. The second kappa shape index (κ2) is 4.01. The molecule has 110 valence electrons. The first-order valence-electron chi connectivity index (χ1n) is 7.52. The molecule has 4 bridgehead atoms. The summed E-state index contributed by atoms with van der Waals surface area (Å²) >= 11 is 4.20. The van der Waals surface area contributed by atoms with Gasteiger partial charge >= 0.3 is 5.97 Å². The van der Waals surface area contributed by atoms with Gasteiger partial charge in [0.2, 0.25) is 0 Å². The lowest BCUT2D eigenvalue weighted by Gasteiger charge is -2.40. The minimum atomic E-state index is -0.380. The van der Waals surface area contributed by atoms with Gasteiger partial charge in [0.05, 0.1) is 5.41 Å². The van der Waals surface area contributed by atoms with Crippen LogP contribution in [0.15, 0.2) is 12.2 Å². The van der Waals surface area contributed by atoms with E-state index in [1.54, 1.807) is 0 Å². The van der Waals surface area contributed by atoms with Crippen LogP contribution in [0.1, 0.15) is 34.1 Å². The smallest absolute Gasteiger partial charge is 0.313 e. The van der Waals surface area contributed by atoms with E-state index in [2.05, 4.69) is 42.6 Å². The number of fused-ring (bicyclic) bond motifs is 9. The summed E-state index contributed by atoms with van der Waals surface area (Å²) in [5.41, 5.74) is -0.655. The van der Waals surface area contributed by atoms with Gasteiger partial charge in [-0.25, -0.2) is 0 Å². The molecule has 4 rings (SSSR count). The van der Waals surface area contributed by atoms with Gasteiger partial charge in [-0.05, 0) is 46.0 Å². The number of rotatable bonds is 1. The number of esters is 1. The first-order chi connectivity index (χ1) is 9.29. The summed E-state index contributed by atoms with van der Waals surface area (Å²) in [6, 6.07) is 0. The third-order valence-corrected chi connectivity index (χ3v) is 8.76. The molecule has 0 aromatic rings. The average molecular weight is 310 g/mol. The van der Waals surface area contributed by atoms with E-state index in [0.717, 1.165) is 17.6 Å². The van der Waals surface area contributed by atoms with Gasteiger partial charge in [0.1, 0.15) is 5.60 Å². The molecule has 0 aliphatic carbocycles. The van der Waals surface area contributed by atoms with Crippen LogP contribution in [-0.4, -0.2) is 32.6 Å². The van der Waals surface area contributed by atoms with Crippen LogP contribution in [0, 0.1) is 17.3 Å². The van der Waals surface area contributed by atoms with Crippen molar-refractivity contribution in [1.29, 1.82) is 0 Å². The fraction of sp³-hybridized carbons (Fsp3) is 0.812. The van der Waals surface area contributed by atoms with Crippen LogP contribution in [-0.2, 0) is 9.53 Å². The fourth-order valence-corrected chi connectivity index (χ4v) is 8.83. The number of ether oxygens (including phenoxy) is 1. The average Bonchev–Trinajstić information content (AvgIpc) is 3.02. The summed E-state index contributed by atoms with van der Waals surface area (Å²) in [5, 5.41) is 2.49. The summed E-state index contributed by atoms with van der Waals surface area (Å²) in [6.07, 6.45) is 5.80. The second-order valence-electron chi connectivity index (χ2n) is 7.82. The van der Waals surface area contributed by atoms with Crippen LogP contribution < -0.4 is 0 Å². The fourth-order valence-electron chi connectivity index (χ4n) is 4.46. The normalized spacial score (nSPS) is 51.6. The maximum atomic E-state index is 12.7. The summed E-state index contributed by atoms with van der Waals surface area (Å²) in [7, 11) is 0. The van der Waals surface area contributed by atoms with Crippen molar-refractivity contribution in [3.8, 4) is 0 Å². The molecule has 3 fully saturated rings. The highest BCUT2D eigenvalue weighted by atomic mass is 32.2. The van der Waals surface area contributed by atoms with E-state index in [1.807, 2.05) is 20.8 Å². The van der Waals surface area contributed by atoms with Crippen molar-refractivity contribution in [1.82, 2.24) is 0 Å². The molecule has 0 amide bonds. The molecule has 0 N–H and O–H groups in total. The molecule has 7 atom stereocenters. The Morgan fingerprint density at radius 2 is 1.85 bits per heavy atom. The topological polar surface area (TPSA) is 26.3 Å². The Bertz CT molecular complexity index is 495. The Balaban J connectivity index is 1.61. The number of carbonyl (C=O) groups excluding carboxylic acids is 1. The Kier molecular flexibility index (Phi) is 2.72. The van der Waals surface area contributed by atoms with Crippen LogP contribution in [0.4, 0.5) is 0 Å².